The number of hydrogen-bond donors (Lipinski definition) is 2. The second-order valence-electron chi connectivity index (χ2n) is 4.37. The van der Waals surface area contributed by atoms with Crippen LogP contribution in [0.3, 0.4) is 0 Å². The predicted molar refractivity (Wildman–Crippen MR) is 85.8 cm³/mol. The topological polar surface area (TPSA) is 46.2 Å². The maximum atomic E-state index is 13.9. The average Bonchev–Trinajstić information content (AvgIpc) is 2.89. The smallest absolute Gasteiger partial charge is 0.183 e. The predicted octanol–water partition coefficient (Wildman–Crippen LogP) is 4.00. The maximum Gasteiger partial charge on any atom is 0.183 e. The molecule has 1 aromatic heterocycles. The number of aromatic nitrogens is 1. The molecule has 0 fully saturated rings. The third-order valence-corrected chi connectivity index (χ3v) is 3.93. The van der Waals surface area contributed by atoms with Gasteiger partial charge in [-0.2, -0.15) is 0 Å². The molecule has 2 rings (SSSR count). The van der Waals surface area contributed by atoms with E-state index in [0.29, 0.717) is 29.9 Å². The largest absolute Gasteiger partial charge is 0.385 e. The molecule has 0 amide bonds. The monoisotopic (exact) mass is 329 g/mol. The molecule has 0 aliphatic rings. The van der Waals surface area contributed by atoms with Crippen LogP contribution in [0.1, 0.15) is 11.3 Å². The molecule has 1 heterocycles. The van der Waals surface area contributed by atoms with Crippen LogP contribution in [-0.2, 0) is 11.3 Å². The standard InChI is InChI=1S/C14H17ClFN3OS/c1-20-7-3-6-17-13-11(16)4-2-5-12(13)18-8-10-9-19-14(15)21-10/h2,4-5,9,17-18H,3,6-8H2,1H3. The number of nitrogens with zero attached hydrogens (tertiary/aromatic N) is 1. The molecular weight excluding hydrogens is 313 g/mol. The van der Waals surface area contributed by atoms with Crippen LogP contribution in [0.2, 0.25) is 4.47 Å². The zero-order valence-corrected chi connectivity index (χ0v) is 13.2. The van der Waals surface area contributed by atoms with E-state index < -0.39 is 0 Å². The highest BCUT2D eigenvalue weighted by Gasteiger charge is 2.08. The Morgan fingerprint density at radius 2 is 2.24 bits per heavy atom. The fourth-order valence-corrected chi connectivity index (χ4v) is 2.75. The molecular formula is C14H17ClFN3OS. The van der Waals surface area contributed by atoms with E-state index in [9.17, 15) is 4.39 Å². The van der Waals surface area contributed by atoms with Gasteiger partial charge in [0, 0.05) is 31.3 Å². The van der Waals surface area contributed by atoms with Crippen LogP contribution in [0.25, 0.3) is 0 Å². The van der Waals surface area contributed by atoms with E-state index in [1.165, 1.54) is 17.4 Å². The third-order valence-electron chi connectivity index (χ3n) is 2.82. The molecule has 1 aromatic carbocycles. The lowest BCUT2D eigenvalue weighted by Gasteiger charge is -2.14. The van der Waals surface area contributed by atoms with Gasteiger partial charge in [-0.1, -0.05) is 17.7 Å². The summed E-state index contributed by atoms with van der Waals surface area (Å²) in [5, 5.41) is 6.30. The Bertz CT molecular complexity index is 579. The van der Waals surface area contributed by atoms with E-state index in [-0.39, 0.29) is 5.82 Å². The first-order chi connectivity index (χ1) is 10.2. The summed E-state index contributed by atoms with van der Waals surface area (Å²) >= 11 is 7.19. The van der Waals surface area contributed by atoms with Crippen molar-refractivity contribution in [3.05, 3.63) is 39.6 Å². The summed E-state index contributed by atoms with van der Waals surface area (Å²) in [6.45, 7) is 1.85. The highest BCUT2D eigenvalue weighted by molar-refractivity contribution is 7.15. The molecule has 0 saturated heterocycles. The molecule has 4 nitrogen and oxygen atoms in total. The average molecular weight is 330 g/mol. The SMILES string of the molecule is COCCCNc1c(F)cccc1NCc1cnc(Cl)s1. The van der Waals surface area contributed by atoms with Gasteiger partial charge in [-0.25, -0.2) is 9.37 Å². The van der Waals surface area contributed by atoms with Crippen molar-refractivity contribution in [2.24, 2.45) is 0 Å². The molecule has 0 unspecified atom stereocenters. The summed E-state index contributed by atoms with van der Waals surface area (Å²) in [6, 6.07) is 4.95. The van der Waals surface area contributed by atoms with Gasteiger partial charge in [0.2, 0.25) is 0 Å². The minimum atomic E-state index is -0.278. The van der Waals surface area contributed by atoms with Crippen LogP contribution in [0.4, 0.5) is 15.8 Å². The van der Waals surface area contributed by atoms with Gasteiger partial charge in [-0.3, -0.25) is 0 Å². The van der Waals surface area contributed by atoms with E-state index in [2.05, 4.69) is 15.6 Å². The minimum absolute atomic E-state index is 0.278. The molecule has 2 aromatic rings. The highest BCUT2D eigenvalue weighted by Crippen LogP contribution is 2.26. The van der Waals surface area contributed by atoms with Crippen molar-refractivity contribution in [2.45, 2.75) is 13.0 Å². The van der Waals surface area contributed by atoms with Crippen LogP contribution in [0.15, 0.2) is 24.4 Å². The quantitative estimate of drug-likeness (QED) is 0.719. The summed E-state index contributed by atoms with van der Waals surface area (Å²) in [6.07, 6.45) is 2.53. The second-order valence-corrected chi connectivity index (χ2v) is 6.07. The van der Waals surface area contributed by atoms with Gasteiger partial charge in [-0.05, 0) is 18.6 Å². The molecule has 0 atom stereocenters. The van der Waals surface area contributed by atoms with Crippen LogP contribution < -0.4 is 10.6 Å². The van der Waals surface area contributed by atoms with Gasteiger partial charge in [0.15, 0.2) is 4.47 Å². The molecule has 0 bridgehead atoms. The van der Waals surface area contributed by atoms with E-state index in [4.69, 9.17) is 16.3 Å². The Hall–Kier alpha value is -1.37. The number of benzene rings is 1. The Morgan fingerprint density at radius 1 is 1.38 bits per heavy atom. The summed E-state index contributed by atoms with van der Waals surface area (Å²) in [4.78, 5) is 4.97. The Balaban J connectivity index is 1.99. The third kappa shape index (κ3) is 4.84. The number of halogens is 2. The van der Waals surface area contributed by atoms with Crippen molar-refractivity contribution in [2.75, 3.05) is 30.9 Å². The molecule has 114 valence electrons. The summed E-state index contributed by atoms with van der Waals surface area (Å²) in [5.74, 6) is -0.278. The maximum absolute atomic E-state index is 13.9. The van der Waals surface area contributed by atoms with E-state index in [0.717, 1.165) is 17.0 Å². The normalized spacial score (nSPS) is 10.6. The van der Waals surface area contributed by atoms with Gasteiger partial charge < -0.3 is 15.4 Å². The lowest BCUT2D eigenvalue weighted by Crippen LogP contribution is -2.09. The number of nitrogens with one attached hydrogen (secondary N) is 2. The Labute approximate surface area is 132 Å². The summed E-state index contributed by atoms with van der Waals surface area (Å²) in [5.41, 5.74) is 1.20. The minimum Gasteiger partial charge on any atom is -0.385 e. The molecule has 0 saturated carbocycles. The van der Waals surface area contributed by atoms with Crippen molar-refractivity contribution < 1.29 is 9.13 Å². The fourth-order valence-electron chi connectivity index (χ4n) is 1.83. The number of ether oxygens (including phenoxy) is 1. The van der Waals surface area contributed by atoms with E-state index in [1.807, 2.05) is 6.07 Å². The van der Waals surface area contributed by atoms with Crippen LogP contribution in [0, 0.1) is 5.82 Å². The van der Waals surface area contributed by atoms with Gasteiger partial charge in [0.05, 0.1) is 17.9 Å². The lowest BCUT2D eigenvalue weighted by atomic mass is 10.2. The highest BCUT2D eigenvalue weighted by atomic mass is 35.5. The number of methoxy groups -OCH3 is 1. The van der Waals surface area contributed by atoms with Gasteiger partial charge in [-0.15, -0.1) is 11.3 Å². The molecule has 0 radical (unpaired) electrons. The summed E-state index contributed by atoms with van der Waals surface area (Å²) < 4.78 is 19.4. The molecule has 21 heavy (non-hydrogen) atoms. The number of para-hydroxylation sites is 1. The molecule has 7 heteroatoms. The van der Waals surface area contributed by atoms with Crippen molar-refractivity contribution in [1.82, 2.24) is 4.98 Å². The molecule has 2 N–H and O–H groups in total. The number of rotatable bonds is 8. The number of anilines is 2. The van der Waals surface area contributed by atoms with Crippen LogP contribution in [-0.4, -0.2) is 25.2 Å². The first kappa shape index (κ1) is 16.0. The van der Waals surface area contributed by atoms with Crippen molar-refractivity contribution in [1.29, 1.82) is 0 Å². The molecule has 0 aliphatic carbocycles. The van der Waals surface area contributed by atoms with Crippen molar-refractivity contribution in [3.63, 3.8) is 0 Å². The van der Waals surface area contributed by atoms with Gasteiger partial charge >= 0.3 is 0 Å². The first-order valence-electron chi connectivity index (χ1n) is 6.56. The number of hydrogen-bond acceptors (Lipinski definition) is 5. The zero-order valence-electron chi connectivity index (χ0n) is 11.7. The van der Waals surface area contributed by atoms with Crippen molar-refractivity contribution in [3.8, 4) is 0 Å². The second kappa shape index (κ2) is 8.17. The van der Waals surface area contributed by atoms with E-state index >= 15 is 0 Å². The lowest BCUT2D eigenvalue weighted by molar-refractivity contribution is 0.198. The van der Waals surface area contributed by atoms with Crippen molar-refractivity contribution >= 4 is 34.3 Å². The zero-order chi connectivity index (χ0) is 15.1. The molecule has 0 spiro atoms. The number of thiazole rings is 1. The first-order valence-corrected chi connectivity index (χ1v) is 7.75. The summed E-state index contributed by atoms with van der Waals surface area (Å²) in [7, 11) is 1.65. The molecule has 0 aliphatic heterocycles. The van der Waals surface area contributed by atoms with Crippen LogP contribution in [0.5, 0.6) is 0 Å². The Kier molecular flexibility index (Phi) is 6.22. The van der Waals surface area contributed by atoms with Gasteiger partial charge in [0.1, 0.15) is 5.82 Å². The van der Waals surface area contributed by atoms with E-state index in [1.54, 1.807) is 19.4 Å². The fraction of sp³-hybridized carbons (Fsp3) is 0.357. The Morgan fingerprint density at radius 3 is 2.95 bits per heavy atom. The van der Waals surface area contributed by atoms with Gasteiger partial charge in [0.25, 0.3) is 0 Å². The van der Waals surface area contributed by atoms with Crippen LogP contribution >= 0.6 is 22.9 Å².